The summed E-state index contributed by atoms with van der Waals surface area (Å²) in [5, 5.41) is 3.57. The number of aryl methyl sites for hydroxylation is 1. The molecule has 0 amide bonds. The van der Waals surface area contributed by atoms with Crippen LogP contribution in [0.2, 0.25) is 0 Å². The molecule has 3 heterocycles. The molecule has 0 saturated carbocycles. The van der Waals surface area contributed by atoms with Gasteiger partial charge in [-0.25, -0.2) is 4.98 Å². The summed E-state index contributed by atoms with van der Waals surface area (Å²) in [6.45, 7) is 8.91. The van der Waals surface area contributed by atoms with E-state index in [0.29, 0.717) is 34.5 Å². The molecule has 0 spiro atoms. The number of piperazine rings is 1. The number of rotatable bonds is 5. The Hall–Kier alpha value is -2.71. The summed E-state index contributed by atoms with van der Waals surface area (Å²) in [5.41, 5.74) is 2.05. The summed E-state index contributed by atoms with van der Waals surface area (Å²) in [6, 6.07) is 7.68. The van der Waals surface area contributed by atoms with Crippen LogP contribution in [0.4, 0.5) is 5.82 Å². The van der Waals surface area contributed by atoms with Crippen molar-refractivity contribution in [1.82, 2.24) is 15.3 Å². The highest BCUT2D eigenvalue weighted by Gasteiger charge is 2.23. The lowest BCUT2D eigenvalue weighted by molar-refractivity contribution is 0.103. The van der Waals surface area contributed by atoms with Crippen LogP contribution >= 0.6 is 0 Å². The van der Waals surface area contributed by atoms with Gasteiger partial charge in [-0.3, -0.25) is 9.78 Å². The van der Waals surface area contributed by atoms with E-state index < -0.39 is 0 Å². The van der Waals surface area contributed by atoms with Crippen LogP contribution in [-0.2, 0) is 0 Å². The predicted octanol–water partition coefficient (Wildman–Crippen LogP) is 2.82. The van der Waals surface area contributed by atoms with E-state index in [4.69, 9.17) is 6.42 Å². The molecule has 0 unspecified atom stereocenters. The van der Waals surface area contributed by atoms with Gasteiger partial charge in [0.05, 0.1) is 5.56 Å². The molecule has 0 bridgehead atoms. The third kappa shape index (κ3) is 4.35. The molecule has 5 heteroatoms. The van der Waals surface area contributed by atoms with Crippen molar-refractivity contribution >= 4 is 11.6 Å². The minimum atomic E-state index is -0.177. The predicted molar refractivity (Wildman–Crippen MR) is 108 cm³/mol. The van der Waals surface area contributed by atoms with Crippen molar-refractivity contribution in [3.8, 4) is 12.3 Å². The lowest BCUT2D eigenvalue weighted by atomic mass is 10.0. The number of hydrogen-bond donors (Lipinski definition) is 1. The van der Waals surface area contributed by atoms with Crippen molar-refractivity contribution in [2.45, 2.75) is 33.2 Å². The lowest BCUT2D eigenvalue weighted by Crippen LogP contribution is -2.51. The van der Waals surface area contributed by atoms with E-state index in [1.54, 1.807) is 18.3 Å². The second-order valence-corrected chi connectivity index (χ2v) is 7.40. The molecule has 0 radical (unpaired) electrons. The molecule has 2 aromatic heterocycles. The van der Waals surface area contributed by atoms with Crippen LogP contribution in [0.5, 0.6) is 0 Å². The molecule has 1 saturated heterocycles. The first-order chi connectivity index (χ1) is 13.0. The van der Waals surface area contributed by atoms with E-state index in [-0.39, 0.29) is 5.78 Å². The van der Waals surface area contributed by atoms with Crippen LogP contribution in [0.1, 0.15) is 47.6 Å². The minimum Gasteiger partial charge on any atom is -0.354 e. The number of carbonyl (C=O) groups is 1. The topological polar surface area (TPSA) is 58.1 Å². The largest absolute Gasteiger partial charge is 0.354 e. The van der Waals surface area contributed by atoms with Gasteiger partial charge < -0.3 is 10.2 Å². The first-order valence-corrected chi connectivity index (χ1v) is 9.42. The van der Waals surface area contributed by atoms with Gasteiger partial charge in [0.1, 0.15) is 11.5 Å². The Bertz CT molecular complexity index is 869. The van der Waals surface area contributed by atoms with Crippen LogP contribution < -0.4 is 10.2 Å². The summed E-state index contributed by atoms with van der Waals surface area (Å²) < 4.78 is 0. The van der Waals surface area contributed by atoms with Gasteiger partial charge in [-0.05, 0) is 43.5 Å². The fourth-order valence-corrected chi connectivity index (χ4v) is 3.53. The molecule has 3 rings (SSSR count). The maximum atomic E-state index is 13.1. The number of aromatic nitrogens is 2. The first-order valence-electron chi connectivity index (χ1n) is 9.42. The Morgan fingerprint density at radius 1 is 1.41 bits per heavy atom. The quantitative estimate of drug-likeness (QED) is 0.655. The van der Waals surface area contributed by atoms with Gasteiger partial charge in [0.25, 0.3) is 0 Å². The zero-order valence-corrected chi connectivity index (χ0v) is 16.2. The second kappa shape index (κ2) is 8.32. The highest BCUT2D eigenvalue weighted by Crippen LogP contribution is 2.21. The average molecular weight is 362 g/mol. The van der Waals surface area contributed by atoms with Crippen molar-refractivity contribution in [3.05, 3.63) is 53.0 Å². The van der Waals surface area contributed by atoms with Gasteiger partial charge in [0.2, 0.25) is 5.78 Å². The van der Waals surface area contributed by atoms with Gasteiger partial charge in [-0.15, -0.1) is 6.42 Å². The van der Waals surface area contributed by atoms with Crippen molar-refractivity contribution in [3.63, 3.8) is 0 Å². The number of anilines is 1. The van der Waals surface area contributed by atoms with Crippen molar-refractivity contribution in [2.24, 2.45) is 5.92 Å². The molecule has 1 atom stereocenters. The first kappa shape index (κ1) is 19.1. The van der Waals surface area contributed by atoms with E-state index >= 15 is 0 Å². The van der Waals surface area contributed by atoms with E-state index in [9.17, 15) is 4.79 Å². The second-order valence-electron chi connectivity index (χ2n) is 7.40. The number of pyridine rings is 2. The van der Waals surface area contributed by atoms with E-state index in [1.165, 1.54) is 0 Å². The zero-order valence-electron chi connectivity index (χ0n) is 16.2. The monoisotopic (exact) mass is 362 g/mol. The maximum Gasteiger partial charge on any atom is 0.214 e. The van der Waals surface area contributed by atoms with Crippen LogP contribution in [0.15, 0.2) is 30.5 Å². The Kier molecular flexibility index (Phi) is 5.88. The number of terminal acetylenes is 1. The Balaban J connectivity index is 1.91. The van der Waals surface area contributed by atoms with Crippen molar-refractivity contribution in [1.29, 1.82) is 0 Å². The molecule has 0 aromatic carbocycles. The number of nitrogens with one attached hydrogen (secondary N) is 1. The van der Waals surface area contributed by atoms with Crippen LogP contribution in [0.3, 0.4) is 0 Å². The minimum absolute atomic E-state index is 0.177. The number of nitrogens with zero attached hydrogens (tertiary/aromatic N) is 3. The fraction of sp³-hybridized carbons (Fsp3) is 0.409. The Labute approximate surface area is 161 Å². The number of carbonyl (C=O) groups excluding carboxylic acids is 1. The fourth-order valence-electron chi connectivity index (χ4n) is 3.53. The van der Waals surface area contributed by atoms with E-state index in [1.807, 2.05) is 19.1 Å². The molecule has 1 N–H and O–H groups in total. The van der Waals surface area contributed by atoms with E-state index in [2.05, 4.69) is 40.0 Å². The van der Waals surface area contributed by atoms with Gasteiger partial charge in [0, 0.05) is 43.1 Å². The SMILES string of the molecule is C#Cc1ccc(N2CCN[C@@H](CC(C)C)C2)nc1C(=O)c1cccnc1C. The van der Waals surface area contributed by atoms with Crippen LogP contribution in [-0.4, -0.2) is 41.4 Å². The molecule has 2 aromatic rings. The summed E-state index contributed by atoms with van der Waals surface area (Å²) in [5.74, 6) is 3.85. The lowest BCUT2D eigenvalue weighted by Gasteiger charge is -2.35. The standard InChI is InChI=1S/C22H26N4O/c1-5-17-8-9-20(26-12-11-24-18(14-26)13-15(2)3)25-21(17)22(27)19-7-6-10-23-16(19)4/h1,6-10,15,18,24H,11-14H2,2-4H3/t18-/m0/s1. The average Bonchev–Trinajstić information content (AvgIpc) is 2.67. The van der Waals surface area contributed by atoms with Crippen LogP contribution in [0, 0.1) is 25.2 Å². The molecular formula is C22H26N4O. The summed E-state index contributed by atoms with van der Waals surface area (Å²) >= 11 is 0. The third-order valence-corrected chi connectivity index (χ3v) is 4.84. The normalized spacial score (nSPS) is 17.0. The smallest absolute Gasteiger partial charge is 0.214 e. The maximum absolute atomic E-state index is 13.1. The van der Waals surface area contributed by atoms with Crippen LogP contribution in [0.25, 0.3) is 0 Å². The highest BCUT2D eigenvalue weighted by molar-refractivity contribution is 6.10. The van der Waals surface area contributed by atoms with Gasteiger partial charge >= 0.3 is 0 Å². The van der Waals surface area contributed by atoms with Crippen molar-refractivity contribution in [2.75, 3.05) is 24.5 Å². The molecule has 5 nitrogen and oxygen atoms in total. The molecule has 0 aliphatic carbocycles. The van der Waals surface area contributed by atoms with Gasteiger partial charge in [-0.2, -0.15) is 0 Å². The molecule has 1 fully saturated rings. The molecule has 140 valence electrons. The summed E-state index contributed by atoms with van der Waals surface area (Å²) in [4.78, 5) is 24.2. The summed E-state index contributed by atoms with van der Waals surface area (Å²) in [7, 11) is 0. The molecule has 1 aliphatic rings. The van der Waals surface area contributed by atoms with E-state index in [0.717, 1.165) is 31.9 Å². The zero-order chi connectivity index (χ0) is 19.4. The Morgan fingerprint density at radius 3 is 2.93 bits per heavy atom. The third-order valence-electron chi connectivity index (χ3n) is 4.84. The number of hydrogen-bond acceptors (Lipinski definition) is 5. The molecule has 1 aliphatic heterocycles. The Morgan fingerprint density at radius 2 is 2.22 bits per heavy atom. The molecule has 27 heavy (non-hydrogen) atoms. The van der Waals surface area contributed by atoms with Gasteiger partial charge in [0.15, 0.2) is 0 Å². The van der Waals surface area contributed by atoms with Crippen molar-refractivity contribution < 1.29 is 4.79 Å². The molecular weight excluding hydrogens is 336 g/mol. The highest BCUT2D eigenvalue weighted by atomic mass is 16.1. The number of ketones is 1. The summed E-state index contributed by atoms with van der Waals surface area (Å²) in [6.07, 6.45) is 8.41. The van der Waals surface area contributed by atoms with Gasteiger partial charge in [-0.1, -0.05) is 19.8 Å².